The lowest BCUT2D eigenvalue weighted by molar-refractivity contribution is 0.168. The first-order chi connectivity index (χ1) is 12.7. The number of likely N-dealkylation sites (N-methyl/N-ethyl adjacent to an activating group) is 1. The Labute approximate surface area is 159 Å². The van der Waals surface area contributed by atoms with E-state index in [9.17, 15) is 4.79 Å². The lowest BCUT2D eigenvalue weighted by Gasteiger charge is -2.33. The predicted molar refractivity (Wildman–Crippen MR) is 106 cm³/mol. The molecule has 0 saturated carbocycles. The van der Waals surface area contributed by atoms with E-state index in [4.69, 9.17) is 4.74 Å². The van der Waals surface area contributed by atoms with Gasteiger partial charge in [0.15, 0.2) is 0 Å². The molecule has 142 valence electrons. The summed E-state index contributed by atoms with van der Waals surface area (Å²) in [5.41, 5.74) is 0.825. The summed E-state index contributed by atoms with van der Waals surface area (Å²) in [6.07, 6.45) is 5.00. The summed E-state index contributed by atoms with van der Waals surface area (Å²) in [5, 5.41) is 6.60. The first-order valence-corrected chi connectivity index (χ1v) is 10.1. The number of nitrogens with zero attached hydrogens (tertiary/aromatic N) is 4. The smallest absolute Gasteiger partial charge is 0.269 e. The van der Waals surface area contributed by atoms with Crippen LogP contribution in [0.3, 0.4) is 0 Å². The molecule has 0 aliphatic carbocycles. The Morgan fingerprint density at radius 3 is 3.08 bits per heavy atom. The number of thiophene rings is 1. The van der Waals surface area contributed by atoms with E-state index < -0.39 is 0 Å². The summed E-state index contributed by atoms with van der Waals surface area (Å²) in [7, 11) is 3.63. The Bertz CT molecular complexity index is 731. The molecule has 1 saturated heterocycles. The minimum atomic E-state index is -0.0168. The van der Waals surface area contributed by atoms with E-state index in [2.05, 4.69) is 27.5 Å². The van der Waals surface area contributed by atoms with Crippen LogP contribution in [0.2, 0.25) is 0 Å². The van der Waals surface area contributed by atoms with E-state index >= 15 is 0 Å². The minimum Gasteiger partial charge on any atom is -0.383 e. The van der Waals surface area contributed by atoms with Crippen molar-refractivity contribution >= 4 is 17.0 Å². The Kier molecular flexibility index (Phi) is 6.82. The average Bonchev–Trinajstić information content (AvgIpc) is 3.18. The third kappa shape index (κ3) is 4.93. The van der Waals surface area contributed by atoms with Gasteiger partial charge >= 0.3 is 0 Å². The summed E-state index contributed by atoms with van der Waals surface area (Å²) in [5.74, 6) is 0. The first-order valence-electron chi connectivity index (χ1n) is 9.21. The van der Waals surface area contributed by atoms with Crippen LogP contribution >= 0.6 is 11.3 Å². The lowest BCUT2D eigenvalue weighted by atomic mass is 10.1. The number of rotatable bonds is 8. The fraction of sp³-hybridized carbons (Fsp3) is 0.579. The molecule has 0 bridgehead atoms. The lowest BCUT2D eigenvalue weighted by Crippen LogP contribution is -2.41. The van der Waals surface area contributed by atoms with E-state index in [0.717, 1.165) is 51.1 Å². The molecule has 0 radical (unpaired) electrons. The van der Waals surface area contributed by atoms with Crippen molar-refractivity contribution in [2.75, 3.05) is 51.8 Å². The van der Waals surface area contributed by atoms with Gasteiger partial charge in [-0.1, -0.05) is 6.07 Å². The molecule has 1 atom stereocenters. The molecular formula is C19H28N4O2S. The molecular weight excluding hydrogens is 348 g/mol. The molecule has 2 aromatic heterocycles. The number of anilines is 1. The predicted octanol–water partition coefficient (Wildman–Crippen LogP) is 2.27. The minimum absolute atomic E-state index is 0.0168. The van der Waals surface area contributed by atoms with Gasteiger partial charge in [0.05, 0.1) is 24.5 Å². The van der Waals surface area contributed by atoms with Gasteiger partial charge in [-0.25, -0.2) is 4.68 Å². The summed E-state index contributed by atoms with van der Waals surface area (Å²) in [6, 6.07) is 6.15. The highest BCUT2D eigenvalue weighted by Gasteiger charge is 2.23. The van der Waals surface area contributed by atoms with Crippen molar-refractivity contribution in [1.29, 1.82) is 0 Å². The summed E-state index contributed by atoms with van der Waals surface area (Å²) >= 11 is 1.81. The van der Waals surface area contributed by atoms with Gasteiger partial charge in [-0.15, -0.1) is 11.3 Å². The highest BCUT2D eigenvalue weighted by Crippen LogP contribution is 2.21. The van der Waals surface area contributed by atoms with Crippen LogP contribution in [0.25, 0.3) is 0 Å². The molecule has 0 unspecified atom stereocenters. The molecule has 2 aromatic rings. The number of piperidine rings is 1. The second-order valence-corrected chi connectivity index (χ2v) is 7.87. The van der Waals surface area contributed by atoms with E-state index in [-0.39, 0.29) is 11.6 Å². The van der Waals surface area contributed by atoms with Crippen molar-refractivity contribution in [3.05, 3.63) is 45.0 Å². The Morgan fingerprint density at radius 1 is 1.46 bits per heavy atom. The molecule has 7 heteroatoms. The van der Waals surface area contributed by atoms with E-state index in [1.54, 1.807) is 24.1 Å². The fourth-order valence-corrected chi connectivity index (χ4v) is 4.10. The monoisotopic (exact) mass is 376 g/mol. The van der Waals surface area contributed by atoms with Crippen LogP contribution in [-0.2, 0) is 11.2 Å². The third-order valence-corrected chi connectivity index (χ3v) is 5.90. The van der Waals surface area contributed by atoms with Gasteiger partial charge in [-0.3, -0.25) is 4.79 Å². The van der Waals surface area contributed by atoms with Crippen LogP contribution in [0.1, 0.15) is 23.8 Å². The van der Waals surface area contributed by atoms with Crippen LogP contribution in [0, 0.1) is 0 Å². The molecule has 26 heavy (non-hydrogen) atoms. The molecule has 3 rings (SSSR count). The standard InChI is InChI=1S/C19H28N4O2S/c1-21(10-11-25-2)17-13-19(24)23(20-14-17)16-5-3-8-22(15-16)9-7-18-6-4-12-26-18/h4,6,12-14,16H,3,5,7-11,15H2,1-2H3/t16-/m0/s1. The van der Waals surface area contributed by atoms with Crippen LogP contribution in [0.5, 0.6) is 0 Å². The van der Waals surface area contributed by atoms with Crippen molar-refractivity contribution in [2.45, 2.75) is 25.3 Å². The van der Waals surface area contributed by atoms with Crippen molar-refractivity contribution in [3.63, 3.8) is 0 Å². The van der Waals surface area contributed by atoms with E-state index in [1.807, 2.05) is 23.3 Å². The maximum atomic E-state index is 12.6. The SMILES string of the molecule is COCCN(C)c1cnn([C@H]2CCCN(CCc3cccs3)C2)c(=O)c1. The largest absolute Gasteiger partial charge is 0.383 e. The molecule has 0 amide bonds. The van der Waals surface area contributed by atoms with Gasteiger partial charge in [0.1, 0.15) is 0 Å². The molecule has 0 N–H and O–H groups in total. The highest BCUT2D eigenvalue weighted by molar-refractivity contribution is 7.09. The van der Waals surface area contributed by atoms with Gasteiger partial charge in [-0.2, -0.15) is 5.10 Å². The van der Waals surface area contributed by atoms with Crippen LogP contribution < -0.4 is 10.5 Å². The quantitative estimate of drug-likeness (QED) is 0.707. The second kappa shape index (κ2) is 9.30. The summed E-state index contributed by atoms with van der Waals surface area (Å²) < 4.78 is 6.77. The third-order valence-electron chi connectivity index (χ3n) is 4.96. The Morgan fingerprint density at radius 2 is 2.35 bits per heavy atom. The van der Waals surface area contributed by atoms with E-state index in [0.29, 0.717) is 6.61 Å². The number of aromatic nitrogens is 2. The van der Waals surface area contributed by atoms with Gasteiger partial charge < -0.3 is 14.5 Å². The maximum Gasteiger partial charge on any atom is 0.269 e. The normalized spacial score (nSPS) is 18.2. The Hall–Kier alpha value is -1.70. The topological polar surface area (TPSA) is 50.6 Å². The number of ether oxygens (including phenoxy) is 1. The maximum absolute atomic E-state index is 12.6. The molecule has 0 aromatic carbocycles. The molecule has 1 aliphatic rings. The molecule has 3 heterocycles. The number of hydrogen-bond donors (Lipinski definition) is 0. The van der Waals surface area contributed by atoms with Gasteiger partial charge in [0, 0.05) is 44.7 Å². The second-order valence-electron chi connectivity index (χ2n) is 6.84. The zero-order valence-electron chi connectivity index (χ0n) is 15.6. The average molecular weight is 377 g/mol. The summed E-state index contributed by atoms with van der Waals surface area (Å²) in [6.45, 7) is 4.41. The van der Waals surface area contributed by atoms with Crippen molar-refractivity contribution in [2.24, 2.45) is 0 Å². The molecule has 1 fully saturated rings. The molecule has 1 aliphatic heterocycles. The fourth-order valence-electron chi connectivity index (χ4n) is 3.41. The van der Waals surface area contributed by atoms with E-state index in [1.165, 1.54) is 4.88 Å². The van der Waals surface area contributed by atoms with Crippen molar-refractivity contribution in [1.82, 2.24) is 14.7 Å². The first kappa shape index (κ1) is 19.1. The van der Waals surface area contributed by atoms with Crippen molar-refractivity contribution in [3.8, 4) is 0 Å². The van der Waals surface area contributed by atoms with Gasteiger partial charge in [-0.05, 0) is 37.3 Å². The Balaban J connectivity index is 1.61. The zero-order valence-corrected chi connectivity index (χ0v) is 16.5. The summed E-state index contributed by atoms with van der Waals surface area (Å²) in [4.78, 5) is 18.5. The van der Waals surface area contributed by atoms with Crippen LogP contribution in [-0.4, -0.2) is 61.6 Å². The van der Waals surface area contributed by atoms with Gasteiger partial charge in [0.2, 0.25) is 0 Å². The molecule has 6 nitrogen and oxygen atoms in total. The van der Waals surface area contributed by atoms with Crippen LogP contribution in [0.15, 0.2) is 34.6 Å². The number of likely N-dealkylation sites (tertiary alicyclic amines) is 1. The van der Waals surface area contributed by atoms with Gasteiger partial charge in [0.25, 0.3) is 5.56 Å². The van der Waals surface area contributed by atoms with Crippen LogP contribution in [0.4, 0.5) is 5.69 Å². The highest BCUT2D eigenvalue weighted by atomic mass is 32.1. The number of hydrogen-bond acceptors (Lipinski definition) is 6. The number of methoxy groups -OCH3 is 1. The zero-order chi connectivity index (χ0) is 18.4. The molecule has 0 spiro atoms. The van der Waals surface area contributed by atoms with Crippen molar-refractivity contribution < 1.29 is 4.74 Å².